The first-order valence-electron chi connectivity index (χ1n) is 4.61. The topological polar surface area (TPSA) is 143 Å². The predicted molar refractivity (Wildman–Crippen MR) is 62.6 cm³/mol. The molecule has 0 aromatic rings. The van der Waals surface area contributed by atoms with Gasteiger partial charge in [0.1, 0.15) is 0 Å². The third-order valence-electron chi connectivity index (χ3n) is 1.23. The molecule has 0 radical (unpaired) electrons. The Morgan fingerprint density at radius 2 is 0.913 bits per heavy atom. The Morgan fingerprint density at radius 3 is 0.957 bits per heavy atom. The van der Waals surface area contributed by atoms with E-state index in [1.165, 1.54) is 0 Å². The van der Waals surface area contributed by atoms with E-state index in [1.807, 2.05) is 0 Å². The molecule has 0 heterocycles. The molecule has 0 fully saturated rings. The molecule has 4 N–H and O–H groups in total. The Kier molecular flexibility index (Phi) is 19.1. The van der Waals surface area contributed by atoms with Crippen LogP contribution < -0.4 is 10.2 Å². The number of carbonyl (C=O) groups excluding carboxylic acids is 2. The minimum atomic E-state index is -4.92. The van der Waals surface area contributed by atoms with E-state index in [9.17, 15) is 46.1 Å². The third kappa shape index (κ3) is 20.7. The molecule has 13 heteroatoms. The maximum Gasteiger partial charge on any atom is 2.00 e. The molecule has 132 valence electrons. The summed E-state index contributed by atoms with van der Waals surface area (Å²) < 4.78 is 67.7. The van der Waals surface area contributed by atoms with Gasteiger partial charge in [0.25, 0.3) is 0 Å². The standard InChI is InChI=1S/2C5H5F3O2.Mg.2H2O/c2*1-3(9)2-4(10)5(6,7)8;;;/h2*2,10H,1H3;;2*1H2/q;;+2;;/p-2/b4-2+;4-2-;;;. The van der Waals surface area contributed by atoms with Gasteiger partial charge in [-0.15, -0.1) is 0 Å². The minimum Gasteiger partial charge on any atom is -0.869 e. The van der Waals surface area contributed by atoms with Gasteiger partial charge in [0.05, 0.1) is 0 Å². The SMILES string of the molecule is CC(=O)/C=C(/[O-])C(F)(F)F.CC(=O)/C=C(\[O-])C(F)(F)F.O.O.[Mg+2]. The molecule has 6 nitrogen and oxygen atoms in total. The van der Waals surface area contributed by atoms with Crippen LogP contribution in [0.15, 0.2) is 23.7 Å². The molecule has 0 bridgehead atoms. The van der Waals surface area contributed by atoms with Crippen LogP contribution in [0.5, 0.6) is 0 Å². The van der Waals surface area contributed by atoms with E-state index in [-0.39, 0.29) is 46.2 Å². The van der Waals surface area contributed by atoms with E-state index in [4.69, 9.17) is 0 Å². The smallest absolute Gasteiger partial charge is 0.869 e. The summed E-state index contributed by atoms with van der Waals surface area (Å²) in [5, 5.41) is 19.7. The monoisotopic (exact) mass is 366 g/mol. The molecule has 0 rings (SSSR count). The van der Waals surface area contributed by atoms with Crippen molar-refractivity contribution >= 4 is 34.6 Å². The maximum atomic E-state index is 11.3. The van der Waals surface area contributed by atoms with Gasteiger partial charge in [-0.1, -0.05) is 0 Å². The maximum absolute atomic E-state index is 11.3. The van der Waals surface area contributed by atoms with Crippen molar-refractivity contribution in [3.8, 4) is 0 Å². The molecule has 0 aliphatic carbocycles. The molecule has 0 aromatic heterocycles. The molecule has 0 aliphatic rings. The van der Waals surface area contributed by atoms with Gasteiger partial charge in [-0.3, -0.25) is 9.59 Å². The summed E-state index contributed by atoms with van der Waals surface area (Å²) in [6, 6.07) is 0. The van der Waals surface area contributed by atoms with Crippen LogP contribution in [0.25, 0.3) is 0 Å². The van der Waals surface area contributed by atoms with Gasteiger partial charge in [0, 0.05) is 0 Å². The molecule has 0 aromatic carbocycles. The second kappa shape index (κ2) is 13.2. The Balaban J connectivity index is -0.0000000831. The summed E-state index contributed by atoms with van der Waals surface area (Å²) in [6.45, 7) is 1.76. The average molecular weight is 366 g/mol. The number of alkyl halides is 6. The fourth-order valence-electron chi connectivity index (χ4n) is 0.533. The number of hydrogen-bond acceptors (Lipinski definition) is 4. The van der Waals surface area contributed by atoms with Crippen molar-refractivity contribution in [1.82, 2.24) is 0 Å². The normalized spacial score (nSPS) is 11.7. The van der Waals surface area contributed by atoms with E-state index >= 15 is 0 Å². The zero-order chi connectivity index (χ0) is 16.7. The summed E-state index contributed by atoms with van der Waals surface area (Å²) in [4.78, 5) is 19.8. The Bertz CT molecular complexity index is 387. The fraction of sp³-hybridized carbons (Fsp3) is 0.400. The zero-order valence-electron chi connectivity index (χ0n) is 11.8. The summed E-state index contributed by atoms with van der Waals surface area (Å²) in [6.07, 6.45) is -9.82. The number of hydrogen-bond donors (Lipinski definition) is 0. The van der Waals surface area contributed by atoms with Gasteiger partial charge in [0.2, 0.25) is 0 Å². The van der Waals surface area contributed by atoms with E-state index in [1.54, 1.807) is 0 Å². The Hall–Kier alpha value is -1.31. The molecule has 0 amide bonds. The van der Waals surface area contributed by atoms with Crippen LogP contribution in [0, 0.1) is 0 Å². The van der Waals surface area contributed by atoms with Gasteiger partial charge < -0.3 is 21.2 Å². The van der Waals surface area contributed by atoms with Crippen molar-refractivity contribution in [2.45, 2.75) is 26.2 Å². The molecule has 0 saturated carbocycles. The van der Waals surface area contributed by atoms with Crippen molar-refractivity contribution in [2.75, 3.05) is 0 Å². The molecule has 0 aliphatic heterocycles. The average Bonchev–Trinajstić information content (AvgIpc) is 2.13. The molecule has 0 saturated heterocycles. The molecule has 0 unspecified atom stereocenters. The van der Waals surface area contributed by atoms with E-state index < -0.39 is 35.4 Å². The number of carbonyl (C=O) groups is 2. The van der Waals surface area contributed by atoms with Crippen molar-refractivity contribution in [3.63, 3.8) is 0 Å². The van der Waals surface area contributed by atoms with Gasteiger partial charge in [-0.25, -0.2) is 0 Å². The summed E-state index contributed by atoms with van der Waals surface area (Å²) in [5.74, 6) is -6.02. The number of halogens is 6. The van der Waals surface area contributed by atoms with Gasteiger partial charge in [-0.2, -0.15) is 26.3 Å². The van der Waals surface area contributed by atoms with Crippen molar-refractivity contribution < 1.29 is 57.1 Å². The van der Waals surface area contributed by atoms with Crippen molar-refractivity contribution in [3.05, 3.63) is 23.7 Å². The van der Waals surface area contributed by atoms with Crippen LogP contribution in [-0.2, 0) is 9.59 Å². The van der Waals surface area contributed by atoms with Crippen LogP contribution >= 0.6 is 0 Å². The van der Waals surface area contributed by atoms with Crippen LogP contribution in [0.1, 0.15) is 13.8 Å². The van der Waals surface area contributed by atoms with Crippen molar-refractivity contribution in [1.29, 1.82) is 0 Å². The number of rotatable bonds is 2. The largest absolute Gasteiger partial charge is 2.00 e. The van der Waals surface area contributed by atoms with Gasteiger partial charge in [-0.05, 0) is 37.5 Å². The second-order valence-corrected chi connectivity index (χ2v) is 3.23. The predicted octanol–water partition coefficient (Wildman–Crippen LogP) is -1.27. The summed E-state index contributed by atoms with van der Waals surface area (Å²) >= 11 is 0. The zero-order valence-corrected chi connectivity index (χ0v) is 13.2. The first kappa shape index (κ1) is 33.3. The summed E-state index contributed by atoms with van der Waals surface area (Å²) in [5.41, 5.74) is 0. The van der Waals surface area contributed by atoms with Crippen LogP contribution in [0.4, 0.5) is 26.3 Å². The Morgan fingerprint density at radius 1 is 0.739 bits per heavy atom. The quantitative estimate of drug-likeness (QED) is 0.260. The number of ketones is 2. The summed E-state index contributed by atoms with van der Waals surface area (Å²) in [7, 11) is 0. The van der Waals surface area contributed by atoms with Gasteiger partial charge >= 0.3 is 35.4 Å². The number of allylic oxidation sites excluding steroid dienone is 4. The third-order valence-corrected chi connectivity index (χ3v) is 1.23. The fourth-order valence-corrected chi connectivity index (χ4v) is 0.533. The Labute approximate surface area is 142 Å². The minimum absolute atomic E-state index is 0. The van der Waals surface area contributed by atoms with E-state index in [0.29, 0.717) is 0 Å². The van der Waals surface area contributed by atoms with E-state index in [2.05, 4.69) is 0 Å². The first-order chi connectivity index (χ1) is 8.67. The van der Waals surface area contributed by atoms with E-state index in [0.717, 1.165) is 13.8 Å². The second-order valence-electron chi connectivity index (χ2n) is 3.23. The van der Waals surface area contributed by atoms with Gasteiger partial charge in [0.15, 0.2) is 11.6 Å². The van der Waals surface area contributed by atoms with Crippen LogP contribution in [-0.4, -0.2) is 57.9 Å². The van der Waals surface area contributed by atoms with Crippen LogP contribution in [0.3, 0.4) is 0 Å². The van der Waals surface area contributed by atoms with Crippen molar-refractivity contribution in [2.24, 2.45) is 0 Å². The molecular weight excluding hydrogens is 354 g/mol. The van der Waals surface area contributed by atoms with Crippen LogP contribution in [0.2, 0.25) is 0 Å². The molecular formula is C10H12F6MgO6. The molecule has 0 atom stereocenters. The molecule has 23 heavy (non-hydrogen) atoms. The first-order valence-corrected chi connectivity index (χ1v) is 4.61. The molecule has 0 spiro atoms.